The summed E-state index contributed by atoms with van der Waals surface area (Å²) < 4.78 is 8.31. The number of ether oxygens (including phenoxy) is 1. The van der Waals surface area contributed by atoms with Gasteiger partial charge in [0.05, 0.1) is 47.5 Å². The quantitative estimate of drug-likeness (QED) is 0.464. The summed E-state index contributed by atoms with van der Waals surface area (Å²) in [7, 11) is 0. The fourth-order valence-corrected chi connectivity index (χ4v) is 4.43. The van der Waals surface area contributed by atoms with E-state index in [1.54, 1.807) is 10.7 Å². The number of aromatic amines is 1. The molecule has 10 heteroatoms. The van der Waals surface area contributed by atoms with Gasteiger partial charge in [-0.1, -0.05) is 12.1 Å². The first-order chi connectivity index (χ1) is 14.8. The number of nitrogens with zero attached hydrogens (tertiary/aromatic N) is 6. The van der Waals surface area contributed by atoms with Gasteiger partial charge in [0, 0.05) is 6.54 Å². The number of nitrogens with one attached hydrogen (secondary N) is 2. The normalized spacial score (nSPS) is 19.6. The first-order valence-corrected chi connectivity index (χ1v) is 11.0. The lowest BCUT2D eigenvalue weighted by molar-refractivity contribution is 0.0870. The van der Waals surface area contributed by atoms with Gasteiger partial charge in [-0.3, -0.25) is 0 Å². The fraction of sp³-hybridized carbons (Fsp3) is 0.400. The maximum Gasteiger partial charge on any atom is 0.231 e. The summed E-state index contributed by atoms with van der Waals surface area (Å²) in [6.45, 7) is 2.74. The Morgan fingerprint density at radius 1 is 1.20 bits per heavy atom. The van der Waals surface area contributed by atoms with Gasteiger partial charge >= 0.3 is 0 Å². The van der Waals surface area contributed by atoms with Crippen LogP contribution in [0.5, 0.6) is 0 Å². The number of H-pyrrole nitrogens is 1. The molecule has 3 aromatic heterocycles. The van der Waals surface area contributed by atoms with Crippen molar-refractivity contribution in [3.63, 3.8) is 0 Å². The van der Waals surface area contributed by atoms with Crippen LogP contribution < -0.4 is 10.2 Å². The molecule has 9 nitrogen and oxygen atoms in total. The van der Waals surface area contributed by atoms with Crippen LogP contribution in [0, 0.1) is 5.92 Å². The van der Waals surface area contributed by atoms with Crippen LogP contribution >= 0.6 is 15.9 Å². The number of hydrogen-bond donors (Lipinski definition) is 2. The van der Waals surface area contributed by atoms with E-state index in [-0.39, 0.29) is 0 Å². The molecule has 1 aliphatic heterocycles. The Hall–Kier alpha value is -2.72. The second-order valence-corrected chi connectivity index (χ2v) is 8.66. The van der Waals surface area contributed by atoms with Crippen LogP contribution in [0.1, 0.15) is 18.7 Å². The van der Waals surface area contributed by atoms with Gasteiger partial charge in [0.1, 0.15) is 5.82 Å². The van der Waals surface area contributed by atoms with E-state index in [4.69, 9.17) is 14.7 Å². The molecule has 1 aromatic carbocycles. The van der Waals surface area contributed by atoms with Crippen LogP contribution in [0.4, 0.5) is 11.9 Å². The number of halogens is 1. The molecular formula is C20H21BrN8O. The number of morpholine rings is 1. The number of para-hydroxylation sites is 2. The van der Waals surface area contributed by atoms with Crippen molar-refractivity contribution in [3.05, 3.63) is 40.8 Å². The molecule has 0 amide bonds. The highest BCUT2D eigenvalue weighted by Gasteiger charge is 2.38. The number of aromatic nitrogens is 6. The molecule has 0 radical (unpaired) electrons. The maximum absolute atomic E-state index is 5.74. The van der Waals surface area contributed by atoms with Crippen molar-refractivity contribution < 1.29 is 4.74 Å². The minimum absolute atomic E-state index is 0.339. The van der Waals surface area contributed by atoms with E-state index < -0.39 is 0 Å². The highest BCUT2D eigenvalue weighted by molar-refractivity contribution is 9.10. The molecule has 4 heterocycles. The number of rotatable bonds is 5. The molecule has 1 saturated carbocycles. The lowest BCUT2D eigenvalue weighted by Crippen LogP contribution is -2.47. The van der Waals surface area contributed by atoms with Crippen molar-refractivity contribution >= 4 is 44.5 Å². The maximum atomic E-state index is 5.74. The molecule has 1 aliphatic carbocycles. The summed E-state index contributed by atoms with van der Waals surface area (Å²) in [6.07, 6.45) is 4.25. The average Bonchev–Trinajstić information content (AvgIpc) is 3.44. The van der Waals surface area contributed by atoms with Gasteiger partial charge < -0.3 is 19.9 Å². The molecule has 4 aromatic rings. The summed E-state index contributed by atoms with van der Waals surface area (Å²) in [4.78, 5) is 20.0. The topological polar surface area (TPSA) is 96.3 Å². The van der Waals surface area contributed by atoms with Crippen molar-refractivity contribution in [2.45, 2.75) is 25.4 Å². The molecular weight excluding hydrogens is 448 g/mol. The van der Waals surface area contributed by atoms with Crippen LogP contribution in [0.3, 0.4) is 0 Å². The van der Waals surface area contributed by atoms with Crippen LogP contribution in [-0.2, 0) is 11.3 Å². The molecule has 2 N–H and O–H groups in total. The van der Waals surface area contributed by atoms with Crippen LogP contribution in [0.2, 0.25) is 0 Å². The standard InChI is InChI=1S/C20H21BrN8O/c21-13-9-23-29-18(13)26-20(28-7-8-30-11-16(28)12-5-6-12)27-19(29)22-10-17-24-14-3-1-2-4-15(14)25-17/h1-4,9,12,16H,5-8,10-11H2,(H,24,25)(H,22,26,27). The highest BCUT2D eigenvalue weighted by Crippen LogP contribution is 2.38. The molecule has 0 bridgehead atoms. The van der Waals surface area contributed by atoms with Gasteiger partial charge in [0.15, 0.2) is 5.65 Å². The molecule has 1 unspecified atom stereocenters. The third-order valence-corrected chi connectivity index (χ3v) is 6.31. The number of anilines is 2. The lowest BCUT2D eigenvalue weighted by Gasteiger charge is -2.36. The van der Waals surface area contributed by atoms with Crippen molar-refractivity contribution in [2.75, 3.05) is 30.0 Å². The molecule has 6 rings (SSSR count). The number of fused-ring (bicyclic) bond motifs is 2. The zero-order valence-electron chi connectivity index (χ0n) is 16.3. The first-order valence-electron chi connectivity index (χ1n) is 10.2. The summed E-state index contributed by atoms with van der Waals surface area (Å²) >= 11 is 3.57. The van der Waals surface area contributed by atoms with Crippen LogP contribution in [-0.4, -0.2) is 55.4 Å². The van der Waals surface area contributed by atoms with Crippen molar-refractivity contribution in [2.24, 2.45) is 5.92 Å². The molecule has 2 aliphatic rings. The second-order valence-electron chi connectivity index (χ2n) is 7.80. The van der Waals surface area contributed by atoms with E-state index >= 15 is 0 Å². The third kappa shape index (κ3) is 3.20. The summed E-state index contributed by atoms with van der Waals surface area (Å²) in [5, 5.41) is 7.83. The van der Waals surface area contributed by atoms with Gasteiger partial charge in [-0.05, 0) is 46.8 Å². The second kappa shape index (κ2) is 7.21. The van der Waals surface area contributed by atoms with E-state index in [1.807, 2.05) is 24.3 Å². The van der Waals surface area contributed by atoms with Gasteiger partial charge in [0.25, 0.3) is 0 Å². The van der Waals surface area contributed by atoms with E-state index in [0.29, 0.717) is 31.1 Å². The molecule has 154 valence electrons. The Labute approximate surface area is 181 Å². The van der Waals surface area contributed by atoms with E-state index in [2.05, 4.69) is 41.2 Å². The van der Waals surface area contributed by atoms with E-state index in [0.717, 1.165) is 46.1 Å². The molecule has 0 spiro atoms. The van der Waals surface area contributed by atoms with E-state index in [9.17, 15) is 0 Å². The van der Waals surface area contributed by atoms with Crippen molar-refractivity contribution in [1.29, 1.82) is 0 Å². The highest BCUT2D eigenvalue weighted by atomic mass is 79.9. The molecule has 1 saturated heterocycles. The van der Waals surface area contributed by atoms with Gasteiger partial charge in [-0.25, -0.2) is 4.98 Å². The Morgan fingerprint density at radius 3 is 2.97 bits per heavy atom. The zero-order valence-corrected chi connectivity index (χ0v) is 17.8. The Morgan fingerprint density at radius 2 is 2.10 bits per heavy atom. The number of hydrogen-bond acceptors (Lipinski definition) is 7. The number of benzene rings is 1. The fourth-order valence-electron chi connectivity index (χ4n) is 4.08. The third-order valence-electron chi connectivity index (χ3n) is 5.75. The van der Waals surface area contributed by atoms with Crippen LogP contribution in [0.15, 0.2) is 34.9 Å². The lowest BCUT2D eigenvalue weighted by atomic mass is 10.1. The van der Waals surface area contributed by atoms with Gasteiger partial charge in [-0.2, -0.15) is 19.6 Å². The number of imidazole rings is 1. The monoisotopic (exact) mass is 468 g/mol. The molecule has 1 atom stereocenters. The minimum Gasteiger partial charge on any atom is -0.377 e. The zero-order chi connectivity index (χ0) is 20.1. The van der Waals surface area contributed by atoms with Crippen molar-refractivity contribution in [1.82, 2.24) is 29.5 Å². The predicted molar refractivity (Wildman–Crippen MR) is 117 cm³/mol. The predicted octanol–water partition coefficient (Wildman–Crippen LogP) is 2.99. The van der Waals surface area contributed by atoms with Crippen LogP contribution in [0.25, 0.3) is 16.7 Å². The van der Waals surface area contributed by atoms with E-state index in [1.165, 1.54) is 12.8 Å². The van der Waals surface area contributed by atoms with Gasteiger partial charge in [-0.15, -0.1) is 0 Å². The Balaban J connectivity index is 1.34. The molecule has 2 fully saturated rings. The summed E-state index contributed by atoms with van der Waals surface area (Å²) in [5.74, 6) is 2.88. The Kier molecular flexibility index (Phi) is 4.34. The smallest absolute Gasteiger partial charge is 0.231 e. The van der Waals surface area contributed by atoms with Crippen molar-refractivity contribution in [3.8, 4) is 0 Å². The first kappa shape index (κ1) is 18.1. The molecule has 30 heavy (non-hydrogen) atoms. The Bertz CT molecular complexity index is 1180. The summed E-state index contributed by atoms with van der Waals surface area (Å²) in [5.41, 5.74) is 2.71. The SMILES string of the molecule is Brc1cnn2c(NCc3nc4ccccc4[nH]3)nc(N3CCOCC3C3CC3)nc12. The minimum atomic E-state index is 0.339. The summed E-state index contributed by atoms with van der Waals surface area (Å²) in [6, 6.07) is 8.34. The average molecular weight is 469 g/mol. The largest absolute Gasteiger partial charge is 0.377 e. The van der Waals surface area contributed by atoms with Gasteiger partial charge in [0.2, 0.25) is 11.9 Å².